The van der Waals surface area contributed by atoms with Crippen molar-refractivity contribution >= 4 is 21.4 Å². The van der Waals surface area contributed by atoms with Crippen LogP contribution < -0.4 is 0 Å². The van der Waals surface area contributed by atoms with E-state index < -0.39 is 5.60 Å². The number of aliphatic hydroxyl groups is 1. The molecule has 2 unspecified atom stereocenters. The molecule has 2 heterocycles. The zero-order chi connectivity index (χ0) is 14.0. The van der Waals surface area contributed by atoms with Crippen molar-refractivity contribution in [2.45, 2.75) is 50.7 Å². The summed E-state index contributed by atoms with van der Waals surface area (Å²) in [5.74, 6) is 0. The van der Waals surface area contributed by atoms with Crippen LogP contribution in [0.2, 0.25) is 0 Å². The number of benzene rings is 1. The Labute approximate surface area is 124 Å². The van der Waals surface area contributed by atoms with E-state index in [1.54, 1.807) is 11.3 Å². The minimum Gasteiger partial charge on any atom is -0.385 e. The number of fused-ring (bicyclic) bond motifs is 1. The molecule has 1 aliphatic heterocycles. The first-order valence-electron chi connectivity index (χ1n) is 7.48. The monoisotopic (exact) mass is 290 g/mol. The van der Waals surface area contributed by atoms with Crippen LogP contribution in [0.5, 0.6) is 0 Å². The first kappa shape index (κ1) is 14.1. The van der Waals surface area contributed by atoms with Gasteiger partial charge in [0.1, 0.15) is 0 Å². The predicted octanol–water partition coefficient (Wildman–Crippen LogP) is 4.46. The molecular weight excluding hydrogens is 268 g/mol. The Hall–Kier alpha value is -0.900. The summed E-state index contributed by atoms with van der Waals surface area (Å²) in [7, 11) is 0. The van der Waals surface area contributed by atoms with Gasteiger partial charge in [-0.15, -0.1) is 11.3 Å². The van der Waals surface area contributed by atoms with E-state index in [0.29, 0.717) is 6.10 Å². The summed E-state index contributed by atoms with van der Waals surface area (Å²) < 4.78 is 6.89. The summed E-state index contributed by atoms with van der Waals surface area (Å²) in [5, 5.41) is 12.0. The van der Waals surface area contributed by atoms with Gasteiger partial charge < -0.3 is 9.84 Å². The Morgan fingerprint density at radius 2 is 2.25 bits per heavy atom. The Balaban J connectivity index is 1.64. The van der Waals surface area contributed by atoms with E-state index in [9.17, 15) is 5.11 Å². The van der Waals surface area contributed by atoms with Crippen LogP contribution >= 0.6 is 11.3 Å². The van der Waals surface area contributed by atoms with Gasteiger partial charge in [-0.1, -0.05) is 18.2 Å². The van der Waals surface area contributed by atoms with E-state index in [4.69, 9.17) is 4.74 Å². The number of hydrogen-bond acceptors (Lipinski definition) is 3. The van der Waals surface area contributed by atoms with E-state index in [0.717, 1.165) is 30.7 Å². The molecule has 2 nitrogen and oxygen atoms in total. The number of rotatable bonds is 5. The molecule has 1 saturated heterocycles. The van der Waals surface area contributed by atoms with E-state index >= 15 is 0 Å². The number of hydrogen-bond donors (Lipinski definition) is 1. The van der Waals surface area contributed by atoms with Crippen LogP contribution in [0.1, 0.15) is 43.9 Å². The van der Waals surface area contributed by atoms with E-state index in [1.807, 2.05) is 13.0 Å². The normalized spacial score (nSPS) is 22.2. The molecule has 3 rings (SSSR count). The second kappa shape index (κ2) is 5.84. The van der Waals surface area contributed by atoms with Crippen molar-refractivity contribution in [2.24, 2.45) is 0 Å². The maximum Gasteiger partial charge on any atom is 0.0960 e. The van der Waals surface area contributed by atoms with Gasteiger partial charge in [-0.3, -0.25) is 0 Å². The summed E-state index contributed by atoms with van der Waals surface area (Å²) in [6.07, 6.45) is 5.70. The van der Waals surface area contributed by atoms with Gasteiger partial charge in [0.25, 0.3) is 0 Å². The third-order valence-corrected chi connectivity index (χ3v) is 5.54. The Morgan fingerprint density at radius 3 is 3.00 bits per heavy atom. The van der Waals surface area contributed by atoms with Crippen LogP contribution in [0.3, 0.4) is 0 Å². The molecule has 1 N–H and O–H groups in total. The smallest absolute Gasteiger partial charge is 0.0960 e. The molecule has 0 amide bonds. The fourth-order valence-electron chi connectivity index (χ4n) is 2.92. The molecule has 3 heteroatoms. The standard InChI is InChI=1S/C17H22O2S/c1-17(18,10-4-7-14-8-5-11-19-14)16-12-13-6-2-3-9-15(13)20-16/h2-3,6,9,12,14,18H,4-5,7-8,10-11H2,1H3. The quantitative estimate of drug-likeness (QED) is 0.881. The lowest BCUT2D eigenvalue weighted by Crippen LogP contribution is -2.20. The summed E-state index contributed by atoms with van der Waals surface area (Å²) in [6.45, 7) is 2.85. The minimum absolute atomic E-state index is 0.424. The largest absolute Gasteiger partial charge is 0.385 e. The van der Waals surface area contributed by atoms with Crippen LogP contribution in [-0.2, 0) is 10.3 Å². The highest BCUT2D eigenvalue weighted by Gasteiger charge is 2.26. The molecule has 0 aliphatic carbocycles. The fourth-order valence-corrected chi connectivity index (χ4v) is 4.05. The predicted molar refractivity (Wildman–Crippen MR) is 84.2 cm³/mol. The van der Waals surface area contributed by atoms with Crippen molar-refractivity contribution in [2.75, 3.05) is 6.61 Å². The lowest BCUT2D eigenvalue weighted by Gasteiger charge is -2.22. The molecular formula is C17H22O2S. The van der Waals surface area contributed by atoms with Crippen LogP contribution in [-0.4, -0.2) is 17.8 Å². The molecule has 108 valence electrons. The average molecular weight is 290 g/mol. The molecule has 2 aromatic rings. The summed E-state index contributed by atoms with van der Waals surface area (Å²) in [6, 6.07) is 10.5. The first-order chi connectivity index (χ1) is 9.65. The highest BCUT2D eigenvalue weighted by molar-refractivity contribution is 7.19. The number of ether oxygens (including phenoxy) is 1. The topological polar surface area (TPSA) is 29.5 Å². The van der Waals surface area contributed by atoms with Gasteiger partial charge in [-0.05, 0) is 56.5 Å². The Morgan fingerprint density at radius 1 is 1.40 bits per heavy atom. The molecule has 1 aromatic carbocycles. The average Bonchev–Trinajstić information content (AvgIpc) is 3.07. The van der Waals surface area contributed by atoms with Gasteiger partial charge in [0, 0.05) is 16.2 Å². The Kier molecular flexibility index (Phi) is 4.11. The fraction of sp³-hybridized carbons (Fsp3) is 0.529. The molecule has 0 spiro atoms. The molecule has 0 saturated carbocycles. The second-order valence-corrected chi connectivity index (χ2v) is 7.03. The van der Waals surface area contributed by atoms with Crippen molar-refractivity contribution in [1.29, 1.82) is 0 Å². The van der Waals surface area contributed by atoms with E-state index in [1.165, 1.54) is 22.9 Å². The van der Waals surface area contributed by atoms with Crippen LogP contribution in [0, 0.1) is 0 Å². The van der Waals surface area contributed by atoms with Crippen molar-refractivity contribution in [3.8, 4) is 0 Å². The van der Waals surface area contributed by atoms with E-state index in [-0.39, 0.29) is 0 Å². The van der Waals surface area contributed by atoms with Gasteiger partial charge in [0.15, 0.2) is 0 Å². The molecule has 0 radical (unpaired) electrons. The van der Waals surface area contributed by atoms with Crippen molar-refractivity contribution in [3.05, 3.63) is 35.2 Å². The van der Waals surface area contributed by atoms with Gasteiger partial charge in [0.05, 0.1) is 11.7 Å². The number of thiophene rings is 1. The second-order valence-electron chi connectivity index (χ2n) is 5.95. The van der Waals surface area contributed by atoms with Gasteiger partial charge in [-0.2, -0.15) is 0 Å². The maximum atomic E-state index is 10.7. The molecule has 20 heavy (non-hydrogen) atoms. The highest BCUT2D eigenvalue weighted by atomic mass is 32.1. The van der Waals surface area contributed by atoms with Crippen LogP contribution in [0.25, 0.3) is 10.1 Å². The third kappa shape index (κ3) is 3.05. The first-order valence-corrected chi connectivity index (χ1v) is 8.30. The zero-order valence-corrected chi connectivity index (χ0v) is 12.8. The lowest BCUT2D eigenvalue weighted by atomic mass is 9.95. The molecule has 1 fully saturated rings. The van der Waals surface area contributed by atoms with Gasteiger partial charge >= 0.3 is 0 Å². The van der Waals surface area contributed by atoms with Crippen LogP contribution in [0.4, 0.5) is 0 Å². The summed E-state index contributed by atoms with van der Waals surface area (Å²) in [4.78, 5) is 1.08. The maximum absolute atomic E-state index is 10.7. The highest BCUT2D eigenvalue weighted by Crippen LogP contribution is 2.36. The van der Waals surface area contributed by atoms with Crippen molar-refractivity contribution in [1.82, 2.24) is 0 Å². The Bertz CT molecular complexity index is 534. The minimum atomic E-state index is -0.720. The zero-order valence-electron chi connectivity index (χ0n) is 12.0. The SMILES string of the molecule is CC(O)(CCCC1CCCO1)c1cc2ccccc2s1. The molecule has 1 aromatic heterocycles. The van der Waals surface area contributed by atoms with Crippen LogP contribution in [0.15, 0.2) is 30.3 Å². The van der Waals surface area contributed by atoms with Crippen molar-refractivity contribution in [3.63, 3.8) is 0 Å². The van der Waals surface area contributed by atoms with Crippen molar-refractivity contribution < 1.29 is 9.84 Å². The van der Waals surface area contributed by atoms with E-state index in [2.05, 4.69) is 24.3 Å². The molecule has 0 bridgehead atoms. The van der Waals surface area contributed by atoms with Gasteiger partial charge in [-0.25, -0.2) is 0 Å². The summed E-state index contributed by atoms with van der Waals surface area (Å²) in [5.41, 5.74) is -0.720. The third-order valence-electron chi connectivity index (χ3n) is 4.17. The molecule has 2 atom stereocenters. The van der Waals surface area contributed by atoms with Gasteiger partial charge in [0.2, 0.25) is 0 Å². The summed E-state index contributed by atoms with van der Waals surface area (Å²) >= 11 is 1.71. The lowest BCUT2D eigenvalue weighted by molar-refractivity contribution is 0.0405. The molecule has 1 aliphatic rings.